The van der Waals surface area contributed by atoms with Crippen molar-refractivity contribution in [1.82, 2.24) is 19.7 Å². The fraction of sp³-hybridized carbons (Fsp3) is 0.188. The summed E-state index contributed by atoms with van der Waals surface area (Å²) in [6, 6.07) is 9.56. The molecule has 0 spiro atoms. The average molecular weight is 346 g/mol. The van der Waals surface area contributed by atoms with Gasteiger partial charge in [-0.15, -0.1) is 16.4 Å². The number of carbonyl (C=O) groups excluding carboxylic acids is 1. The third kappa shape index (κ3) is 3.19. The normalized spacial score (nSPS) is 10.8. The first-order chi connectivity index (χ1) is 11.6. The molecule has 0 aliphatic carbocycles. The molecular formula is C16H15FN4O2S. The van der Waals surface area contributed by atoms with Crippen LogP contribution in [-0.4, -0.2) is 50.9 Å². The van der Waals surface area contributed by atoms with Crippen molar-refractivity contribution in [2.75, 3.05) is 20.2 Å². The molecule has 0 aliphatic rings. The van der Waals surface area contributed by atoms with E-state index in [1.54, 1.807) is 19.2 Å². The standard InChI is InChI=1S/C16H15FN4O2S/c1-20(8-9-22)16(23)14-18-15(13-3-2-10-24-13)21(19-14)12-6-4-11(17)5-7-12/h2-7,10,22H,8-9H2,1H3. The monoisotopic (exact) mass is 346 g/mol. The molecule has 2 heterocycles. The lowest BCUT2D eigenvalue weighted by Crippen LogP contribution is -2.30. The van der Waals surface area contributed by atoms with Crippen molar-refractivity contribution in [3.8, 4) is 16.4 Å². The second-order valence-corrected chi connectivity index (χ2v) is 6.02. The zero-order valence-electron chi connectivity index (χ0n) is 12.9. The Morgan fingerprint density at radius 1 is 1.33 bits per heavy atom. The lowest BCUT2D eigenvalue weighted by molar-refractivity contribution is 0.0755. The van der Waals surface area contributed by atoms with Crippen LogP contribution in [0.5, 0.6) is 0 Å². The fourth-order valence-corrected chi connectivity index (χ4v) is 2.85. The molecule has 1 aromatic carbocycles. The number of nitrogens with zero attached hydrogens (tertiary/aromatic N) is 4. The summed E-state index contributed by atoms with van der Waals surface area (Å²) < 4.78 is 14.7. The molecule has 24 heavy (non-hydrogen) atoms. The van der Waals surface area contributed by atoms with Gasteiger partial charge >= 0.3 is 0 Å². The number of rotatable bonds is 5. The van der Waals surface area contributed by atoms with E-state index in [0.29, 0.717) is 11.5 Å². The summed E-state index contributed by atoms with van der Waals surface area (Å²) in [6.45, 7) is 0.0525. The number of hydrogen-bond donors (Lipinski definition) is 1. The van der Waals surface area contributed by atoms with Crippen molar-refractivity contribution >= 4 is 17.2 Å². The van der Waals surface area contributed by atoms with Gasteiger partial charge < -0.3 is 10.0 Å². The maximum Gasteiger partial charge on any atom is 0.293 e. The Labute approximate surface area is 141 Å². The topological polar surface area (TPSA) is 71.2 Å². The Bertz CT molecular complexity index is 830. The minimum atomic E-state index is -0.386. The van der Waals surface area contributed by atoms with Crippen molar-refractivity contribution < 1.29 is 14.3 Å². The number of likely N-dealkylation sites (N-methyl/N-ethyl adjacent to an activating group) is 1. The Kier molecular flexibility index (Phi) is 4.68. The van der Waals surface area contributed by atoms with E-state index >= 15 is 0 Å². The summed E-state index contributed by atoms with van der Waals surface area (Å²) in [5, 5.41) is 15.2. The van der Waals surface area contributed by atoms with Crippen LogP contribution in [0, 0.1) is 5.82 Å². The van der Waals surface area contributed by atoms with E-state index in [9.17, 15) is 9.18 Å². The minimum Gasteiger partial charge on any atom is -0.395 e. The second-order valence-electron chi connectivity index (χ2n) is 5.07. The highest BCUT2D eigenvalue weighted by atomic mass is 32.1. The van der Waals surface area contributed by atoms with Crippen molar-refractivity contribution in [1.29, 1.82) is 0 Å². The molecular weight excluding hydrogens is 331 g/mol. The maximum absolute atomic E-state index is 13.2. The smallest absolute Gasteiger partial charge is 0.293 e. The predicted octanol–water partition coefficient (Wildman–Crippen LogP) is 2.20. The maximum atomic E-state index is 13.2. The number of aliphatic hydroxyl groups is 1. The third-order valence-corrected chi connectivity index (χ3v) is 4.26. The predicted molar refractivity (Wildman–Crippen MR) is 88.7 cm³/mol. The molecule has 0 unspecified atom stereocenters. The second kappa shape index (κ2) is 6.90. The lowest BCUT2D eigenvalue weighted by Gasteiger charge is -2.12. The molecule has 0 atom stereocenters. The summed E-state index contributed by atoms with van der Waals surface area (Å²) in [5.74, 6) is -0.200. The SMILES string of the molecule is CN(CCO)C(=O)c1nc(-c2cccs2)n(-c2ccc(F)cc2)n1. The van der Waals surface area contributed by atoms with E-state index in [0.717, 1.165) is 4.88 Å². The van der Waals surface area contributed by atoms with Crippen LogP contribution in [-0.2, 0) is 0 Å². The number of benzene rings is 1. The molecule has 1 amide bonds. The number of halogens is 1. The van der Waals surface area contributed by atoms with Crippen molar-refractivity contribution in [3.63, 3.8) is 0 Å². The van der Waals surface area contributed by atoms with E-state index < -0.39 is 0 Å². The van der Waals surface area contributed by atoms with Gasteiger partial charge in [-0.05, 0) is 35.7 Å². The number of thiophene rings is 1. The number of aromatic nitrogens is 3. The first-order valence-corrected chi connectivity index (χ1v) is 8.11. The van der Waals surface area contributed by atoms with Gasteiger partial charge in [0.15, 0.2) is 5.82 Å². The van der Waals surface area contributed by atoms with Gasteiger partial charge in [-0.25, -0.2) is 14.1 Å². The van der Waals surface area contributed by atoms with Gasteiger partial charge in [0.05, 0.1) is 17.2 Å². The van der Waals surface area contributed by atoms with Gasteiger partial charge in [0, 0.05) is 13.6 Å². The Balaban J connectivity index is 2.06. The number of hydrogen-bond acceptors (Lipinski definition) is 5. The Hall–Kier alpha value is -2.58. The number of aliphatic hydroxyl groups excluding tert-OH is 1. The van der Waals surface area contributed by atoms with Gasteiger partial charge in [-0.1, -0.05) is 6.07 Å². The molecule has 3 rings (SSSR count). The summed E-state index contributed by atoms with van der Waals surface area (Å²) in [6.07, 6.45) is 0. The molecule has 6 nitrogen and oxygen atoms in total. The Morgan fingerprint density at radius 3 is 2.71 bits per heavy atom. The van der Waals surface area contributed by atoms with Crippen LogP contribution in [0.25, 0.3) is 16.4 Å². The number of carbonyl (C=O) groups is 1. The third-order valence-electron chi connectivity index (χ3n) is 3.39. The molecule has 124 valence electrons. The van der Waals surface area contributed by atoms with Gasteiger partial charge in [-0.2, -0.15) is 0 Å². The van der Waals surface area contributed by atoms with E-state index in [4.69, 9.17) is 5.11 Å². The van der Waals surface area contributed by atoms with Gasteiger partial charge in [0.25, 0.3) is 5.91 Å². The zero-order chi connectivity index (χ0) is 17.1. The molecule has 0 saturated carbocycles. The summed E-state index contributed by atoms with van der Waals surface area (Å²) >= 11 is 1.47. The largest absolute Gasteiger partial charge is 0.395 e. The van der Waals surface area contributed by atoms with E-state index in [2.05, 4.69) is 10.1 Å². The molecule has 3 aromatic rings. The van der Waals surface area contributed by atoms with Crippen molar-refractivity contribution in [2.45, 2.75) is 0 Å². The molecule has 2 aromatic heterocycles. The van der Waals surface area contributed by atoms with E-state index in [-0.39, 0.29) is 30.7 Å². The first-order valence-electron chi connectivity index (χ1n) is 7.23. The molecule has 1 N–H and O–H groups in total. The van der Waals surface area contributed by atoms with E-state index in [1.807, 2.05) is 17.5 Å². The van der Waals surface area contributed by atoms with Crippen LogP contribution in [0.1, 0.15) is 10.6 Å². The highest BCUT2D eigenvalue weighted by Crippen LogP contribution is 2.25. The van der Waals surface area contributed by atoms with Crippen LogP contribution in [0.4, 0.5) is 4.39 Å². The molecule has 0 bridgehead atoms. The van der Waals surface area contributed by atoms with Gasteiger partial charge in [0.2, 0.25) is 5.82 Å². The lowest BCUT2D eigenvalue weighted by atomic mass is 10.3. The van der Waals surface area contributed by atoms with Gasteiger partial charge in [0.1, 0.15) is 5.82 Å². The van der Waals surface area contributed by atoms with Crippen LogP contribution in [0.3, 0.4) is 0 Å². The summed E-state index contributed by atoms with van der Waals surface area (Å²) in [5.41, 5.74) is 0.608. The number of amides is 1. The highest BCUT2D eigenvalue weighted by molar-refractivity contribution is 7.13. The highest BCUT2D eigenvalue weighted by Gasteiger charge is 2.21. The van der Waals surface area contributed by atoms with Crippen LogP contribution in [0.15, 0.2) is 41.8 Å². The Morgan fingerprint density at radius 2 is 2.08 bits per heavy atom. The van der Waals surface area contributed by atoms with Crippen LogP contribution in [0.2, 0.25) is 0 Å². The average Bonchev–Trinajstić information content (AvgIpc) is 3.24. The van der Waals surface area contributed by atoms with E-state index in [1.165, 1.54) is 33.1 Å². The van der Waals surface area contributed by atoms with Crippen molar-refractivity contribution in [3.05, 3.63) is 53.4 Å². The van der Waals surface area contributed by atoms with Crippen LogP contribution < -0.4 is 0 Å². The summed E-state index contributed by atoms with van der Waals surface area (Å²) in [4.78, 5) is 18.9. The van der Waals surface area contributed by atoms with Gasteiger partial charge in [-0.3, -0.25) is 4.79 Å². The minimum absolute atomic E-state index is 0.0266. The first kappa shape index (κ1) is 16.3. The molecule has 0 saturated heterocycles. The molecule has 8 heteroatoms. The molecule has 0 radical (unpaired) electrons. The van der Waals surface area contributed by atoms with Crippen molar-refractivity contribution in [2.24, 2.45) is 0 Å². The fourth-order valence-electron chi connectivity index (χ4n) is 2.15. The van der Waals surface area contributed by atoms with Crippen LogP contribution >= 0.6 is 11.3 Å². The summed E-state index contributed by atoms with van der Waals surface area (Å²) in [7, 11) is 1.57. The zero-order valence-corrected chi connectivity index (χ0v) is 13.7. The molecule has 0 aliphatic heterocycles. The quantitative estimate of drug-likeness (QED) is 0.769. The molecule has 0 fully saturated rings.